The topological polar surface area (TPSA) is 34.1 Å². The highest BCUT2D eigenvalue weighted by molar-refractivity contribution is 5.37. The first-order chi connectivity index (χ1) is 9.54. The summed E-state index contributed by atoms with van der Waals surface area (Å²) in [7, 11) is 0. The Balaban J connectivity index is 2.08. The van der Waals surface area contributed by atoms with E-state index in [-0.39, 0.29) is 0 Å². The number of nitrogens with zero attached hydrogens (tertiary/aromatic N) is 1. The molecule has 0 amide bonds. The van der Waals surface area contributed by atoms with Gasteiger partial charge in [0.1, 0.15) is 11.5 Å². The fraction of sp³-hybridized carbons (Fsp3) is 0.353. The van der Waals surface area contributed by atoms with E-state index in [4.69, 9.17) is 4.74 Å². The van der Waals surface area contributed by atoms with Crippen molar-refractivity contribution >= 4 is 0 Å². The molecule has 0 bridgehead atoms. The summed E-state index contributed by atoms with van der Waals surface area (Å²) in [6, 6.07) is 8.59. The van der Waals surface area contributed by atoms with Gasteiger partial charge < -0.3 is 10.1 Å². The lowest BCUT2D eigenvalue weighted by molar-refractivity contribution is 0.477. The number of pyridine rings is 1. The summed E-state index contributed by atoms with van der Waals surface area (Å²) in [6.07, 6.45) is 3.61. The molecule has 2 rings (SSSR count). The van der Waals surface area contributed by atoms with Crippen LogP contribution in [0.1, 0.15) is 30.5 Å². The third-order valence-electron chi connectivity index (χ3n) is 3.20. The molecule has 20 heavy (non-hydrogen) atoms. The van der Waals surface area contributed by atoms with E-state index in [1.807, 2.05) is 24.4 Å². The number of nitrogens with one attached hydrogen (secondary N) is 1. The maximum Gasteiger partial charge on any atom is 0.146 e. The van der Waals surface area contributed by atoms with Crippen molar-refractivity contribution in [2.45, 2.75) is 40.3 Å². The van der Waals surface area contributed by atoms with Gasteiger partial charge in [0.2, 0.25) is 0 Å². The lowest BCUT2D eigenvalue weighted by Crippen LogP contribution is -2.21. The zero-order valence-corrected chi connectivity index (χ0v) is 12.6. The van der Waals surface area contributed by atoms with Gasteiger partial charge in [-0.05, 0) is 48.7 Å². The van der Waals surface area contributed by atoms with Crippen LogP contribution in [0.5, 0.6) is 11.5 Å². The quantitative estimate of drug-likeness (QED) is 0.892. The summed E-state index contributed by atoms with van der Waals surface area (Å²) in [5.41, 5.74) is 3.62. The van der Waals surface area contributed by atoms with E-state index < -0.39 is 0 Å². The second-order valence-corrected chi connectivity index (χ2v) is 5.41. The number of ether oxygens (including phenoxy) is 1. The van der Waals surface area contributed by atoms with E-state index >= 15 is 0 Å². The van der Waals surface area contributed by atoms with Crippen LogP contribution in [0.15, 0.2) is 36.7 Å². The van der Waals surface area contributed by atoms with Crippen molar-refractivity contribution in [1.82, 2.24) is 10.3 Å². The van der Waals surface area contributed by atoms with Gasteiger partial charge in [-0.3, -0.25) is 4.98 Å². The molecule has 0 unspecified atom stereocenters. The standard InChI is InChI=1S/C17H22N2O/c1-12(2)19-10-15-8-17(11-18-9-15)20-16-6-5-13(3)14(4)7-16/h5-9,11-12,19H,10H2,1-4H3. The van der Waals surface area contributed by atoms with Crippen LogP contribution >= 0.6 is 0 Å². The fourth-order valence-electron chi connectivity index (χ4n) is 1.85. The largest absolute Gasteiger partial charge is 0.456 e. The molecular weight excluding hydrogens is 248 g/mol. The third-order valence-corrected chi connectivity index (χ3v) is 3.20. The monoisotopic (exact) mass is 270 g/mol. The van der Waals surface area contributed by atoms with E-state index in [2.05, 4.69) is 44.1 Å². The fourth-order valence-corrected chi connectivity index (χ4v) is 1.85. The first-order valence-corrected chi connectivity index (χ1v) is 6.97. The molecule has 0 aliphatic carbocycles. The molecule has 106 valence electrons. The Bertz CT molecular complexity index is 579. The summed E-state index contributed by atoms with van der Waals surface area (Å²) in [6.45, 7) is 9.24. The van der Waals surface area contributed by atoms with Gasteiger partial charge in [0, 0.05) is 18.8 Å². The molecule has 0 aliphatic heterocycles. The Hall–Kier alpha value is -1.87. The number of aryl methyl sites for hydroxylation is 2. The zero-order chi connectivity index (χ0) is 14.5. The molecule has 0 saturated heterocycles. The van der Waals surface area contributed by atoms with Crippen molar-refractivity contribution in [3.05, 3.63) is 53.3 Å². The van der Waals surface area contributed by atoms with Crippen LogP contribution in [-0.2, 0) is 6.54 Å². The molecular formula is C17H22N2O. The van der Waals surface area contributed by atoms with Crippen LogP contribution in [-0.4, -0.2) is 11.0 Å². The molecule has 3 heteroatoms. The molecule has 0 spiro atoms. The van der Waals surface area contributed by atoms with Gasteiger partial charge in [-0.2, -0.15) is 0 Å². The Kier molecular flexibility index (Phi) is 4.74. The minimum atomic E-state index is 0.458. The predicted molar refractivity (Wildman–Crippen MR) is 82.2 cm³/mol. The van der Waals surface area contributed by atoms with E-state index in [1.165, 1.54) is 11.1 Å². The molecule has 2 aromatic rings. The molecule has 0 aliphatic rings. The van der Waals surface area contributed by atoms with Crippen molar-refractivity contribution in [3.8, 4) is 11.5 Å². The summed E-state index contributed by atoms with van der Waals surface area (Å²) < 4.78 is 5.87. The van der Waals surface area contributed by atoms with Gasteiger partial charge in [0.25, 0.3) is 0 Å². The average Bonchev–Trinajstić information content (AvgIpc) is 2.41. The average molecular weight is 270 g/mol. The molecule has 3 nitrogen and oxygen atoms in total. The number of benzene rings is 1. The molecule has 1 heterocycles. The second-order valence-electron chi connectivity index (χ2n) is 5.41. The number of rotatable bonds is 5. The minimum Gasteiger partial charge on any atom is -0.456 e. The van der Waals surface area contributed by atoms with Gasteiger partial charge in [-0.15, -0.1) is 0 Å². The number of hydrogen-bond acceptors (Lipinski definition) is 3. The maximum atomic E-state index is 5.87. The Morgan fingerprint density at radius 3 is 2.55 bits per heavy atom. The minimum absolute atomic E-state index is 0.458. The van der Waals surface area contributed by atoms with Crippen LogP contribution in [0.3, 0.4) is 0 Å². The Labute approximate surface area is 121 Å². The maximum absolute atomic E-state index is 5.87. The van der Waals surface area contributed by atoms with Crippen LogP contribution in [0, 0.1) is 13.8 Å². The molecule has 0 fully saturated rings. The highest BCUT2D eigenvalue weighted by Crippen LogP contribution is 2.23. The smallest absolute Gasteiger partial charge is 0.146 e. The SMILES string of the molecule is Cc1ccc(Oc2cncc(CNC(C)C)c2)cc1C. The van der Waals surface area contributed by atoms with E-state index in [0.717, 1.165) is 23.6 Å². The van der Waals surface area contributed by atoms with Crippen LogP contribution in [0.2, 0.25) is 0 Å². The molecule has 0 radical (unpaired) electrons. The van der Waals surface area contributed by atoms with Crippen LogP contribution in [0.4, 0.5) is 0 Å². The van der Waals surface area contributed by atoms with Gasteiger partial charge in [-0.25, -0.2) is 0 Å². The molecule has 1 aromatic carbocycles. The van der Waals surface area contributed by atoms with Gasteiger partial charge in [-0.1, -0.05) is 19.9 Å². The molecule has 1 N–H and O–H groups in total. The van der Waals surface area contributed by atoms with E-state index in [9.17, 15) is 0 Å². The molecule has 1 aromatic heterocycles. The first-order valence-electron chi connectivity index (χ1n) is 6.97. The van der Waals surface area contributed by atoms with Crippen molar-refractivity contribution in [1.29, 1.82) is 0 Å². The Morgan fingerprint density at radius 2 is 1.85 bits per heavy atom. The Morgan fingerprint density at radius 1 is 1.05 bits per heavy atom. The number of aromatic nitrogens is 1. The normalized spacial score (nSPS) is 10.8. The van der Waals surface area contributed by atoms with E-state index in [0.29, 0.717) is 6.04 Å². The first kappa shape index (κ1) is 14.5. The van der Waals surface area contributed by atoms with Crippen molar-refractivity contribution in [2.24, 2.45) is 0 Å². The van der Waals surface area contributed by atoms with Crippen molar-refractivity contribution in [3.63, 3.8) is 0 Å². The van der Waals surface area contributed by atoms with Gasteiger partial charge in [0.15, 0.2) is 0 Å². The lowest BCUT2D eigenvalue weighted by atomic mass is 10.1. The third kappa shape index (κ3) is 4.07. The summed E-state index contributed by atoms with van der Waals surface area (Å²) in [5, 5.41) is 3.37. The van der Waals surface area contributed by atoms with Crippen LogP contribution < -0.4 is 10.1 Å². The highest BCUT2D eigenvalue weighted by atomic mass is 16.5. The highest BCUT2D eigenvalue weighted by Gasteiger charge is 2.02. The second kappa shape index (κ2) is 6.53. The summed E-state index contributed by atoms with van der Waals surface area (Å²) >= 11 is 0. The predicted octanol–water partition coefficient (Wildman–Crippen LogP) is 3.99. The van der Waals surface area contributed by atoms with Gasteiger partial charge in [0.05, 0.1) is 6.20 Å². The zero-order valence-electron chi connectivity index (χ0n) is 12.6. The lowest BCUT2D eigenvalue weighted by Gasteiger charge is -2.10. The molecule has 0 atom stereocenters. The van der Waals surface area contributed by atoms with Crippen LogP contribution in [0.25, 0.3) is 0 Å². The molecule has 0 saturated carbocycles. The van der Waals surface area contributed by atoms with Crippen molar-refractivity contribution in [2.75, 3.05) is 0 Å². The van der Waals surface area contributed by atoms with Gasteiger partial charge >= 0.3 is 0 Å². The number of hydrogen-bond donors (Lipinski definition) is 1. The summed E-state index contributed by atoms with van der Waals surface area (Å²) in [4.78, 5) is 4.23. The van der Waals surface area contributed by atoms with E-state index in [1.54, 1.807) is 6.20 Å². The summed E-state index contributed by atoms with van der Waals surface area (Å²) in [5.74, 6) is 1.63. The van der Waals surface area contributed by atoms with Crippen molar-refractivity contribution < 1.29 is 4.74 Å².